The van der Waals surface area contributed by atoms with Crippen molar-refractivity contribution in [2.75, 3.05) is 0 Å². The second-order valence-electron chi connectivity index (χ2n) is 0.791. The summed E-state index contributed by atoms with van der Waals surface area (Å²) in [6, 6.07) is 0. The highest BCUT2D eigenvalue weighted by atomic mass is 19.3. The normalized spacial score (nSPS) is 8.12. The zero-order valence-corrected chi connectivity index (χ0v) is 3.54. The van der Waals surface area contributed by atoms with Gasteiger partial charge in [0.2, 0.25) is 0 Å². The molecular weight excluding hydrogens is 131 g/mol. The van der Waals surface area contributed by atoms with Crippen LogP contribution in [0.2, 0.25) is 0 Å². The predicted molar refractivity (Wildman–Crippen MR) is 17.4 cm³/mol. The zero-order valence-electron chi connectivity index (χ0n) is 4.54. The van der Waals surface area contributed by atoms with E-state index in [1.807, 2.05) is 0 Å². The molecule has 0 aliphatic heterocycles. The van der Waals surface area contributed by atoms with Gasteiger partial charge >= 0.3 is 1.43 Å². The van der Waals surface area contributed by atoms with Crippen molar-refractivity contribution < 1.29 is 23.7 Å². The van der Waals surface area contributed by atoms with Gasteiger partial charge in [0.25, 0.3) is 12.5 Å². The Balaban J connectivity index is -0.000000180. The molecule has 5 heteroatoms. The fourth-order valence-electron chi connectivity index (χ4n) is 0.0952. The molecule has 0 amide bonds. The number of hydrogen-bond acceptors (Lipinski definition) is 0. The molecule has 0 radical (unpaired) electrons. The number of alkyl halides is 2. The van der Waals surface area contributed by atoms with E-state index in [9.17, 15) is 17.6 Å². The lowest BCUT2D eigenvalue weighted by Crippen LogP contribution is -3.00. The lowest BCUT2D eigenvalue weighted by molar-refractivity contribution is -0.00000690. The number of rotatable bonds is 1. The summed E-state index contributed by atoms with van der Waals surface area (Å²) >= 11 is 0. The first-order chi connectivity index (χ1) is 3.13. The van der Waals surface area contributed by atoms with Gasteiger partial charge in [0, 0.05) is 6.08 Å². The minimum atomic E-state index is -3.04. The van der Waals surface area contributed by atoms with E-state index in [0.717, 1.165) is 0 Å². The Morgan fingerprint density at radius 1 is 1.38 bits per heavy atom. The molecule has 50 valence electrons. The van der Waals surface area contributed by atoms with E-state index in [-0.39, 0.29) is 6.13 Å². The lowest BCUT2D eigenvalue weighted by Gasteiger charge is -1.80. The highest BCUT2D eigenvalue weighted by Gasteiger charge is 1.97. The molecule has 0 aliphatic carbocycles. The van der Waals surface area contributed by atoms with Gasteiger partial charge in [-0.25, -0.2) is 8.78 Å². The summed E-state index contributed by atoms with van der Waals surface area (Å²) in [5, 5.41) is 0. The zero-order chi connectivity index (χ0) is 5.86. The van der Waals surface area contributed by atoms with Crippen molar-refractivity contribution in [1.82, 2.24) is 0 Å². The van der Waals surface area contributed by atoms with E-state index < -0.39 is 18.6 Å². The first-order valence-corrected chi connectivity index (χ1v) is 1.44. The standard InChI is InChI=1S/C3H2F4.FH/c4-2(5)1-3(6)7;/h1-2H;1H. The van der Waals surface area contributed by atoms with Gasteiger partial charge in [0.05, 0.1) is 0 Å². The van der Waals surface area contributed by atoms with Gasteiger partial charge in [0.1, 0.15) is 0 Å². The van der Waals surface area contributed by atoms with E-state index in [4.69, 9.17) is 0 Å². The quantitative estimate of drug-likeness (QED) is 0.410. The van der Waals surface area contributed by atoms with Crippen LogP contribution in [-0.4, -0.2) is 6.43 Å². The molecule has 0 rings (SSSR count). The molecule has 0 nitrogen and oxygen atoms in total. The molecule has 0 unspecified atom stereocenters. The molecular formula is C3H3F5. The first-order valence-electron chi connectivity index (χ1n) is 1.44. The maximum atomic E-state index is 10.7. The second-order valence-corrected chi connectivity index (χ2v) is 0.791. The fraction of sp³-hybridized carbons (Fsp3) is 0.333. The monoisotopic (exact) mass is 134 g/mol. The summed E-state index contributed by atoms with van der Waals surface area (Å²) in [5.74, 6) is 0. The van der Waals surface area contributed by atoms with Gasteiger partial charge in [-0.1, -0.05) is 0 Å². The Kier molecular flexibility index (Phi) is 5.90. The largest absolute Gasteiger partial charge is 1.00 e. The molecule has 0 aromatic rings. The predicted octanol–water partition coefficient (Wildman–Crippen LogP) is -0.852. The first kappa shape index (κ1) is 10.4. The van der Waals surface area contributed by atoms with Crippen molar-refractivity contribution >= 4 is 0 Å². The molecule has 0 aliphatic rings. The molecule has 0 saturated heterocycles. The average Bonchev–Trinajstić information content (AvgIpc) is 1.27. The summed E-state index contributed by atoms with van der Waals surface area (Å²) in [6.07, 6.45) is -5.79. The second kappa shape index (κ2) is 4.55. The highest BCUT2D eigenvalue weighted by molar-refractivity contribution is 4.82. The van der Waals surface area contributed by atoms with Crippen LogP contribution in [0.25, 0.3) is 0 Å². The molecule has 0 atom stereocenters. The van der Waals surface area contributed by atoms with Gasteiger partial charge in [-0.2, -0.15) is 8.78 Å². The molecule has 0 bridgehead atoms. The Hall–Kier alpha value is -0.610. The topological polar surface area (TPSA) is 0 Å². The van der Waals surface area contributed by atoms with Gasteiger partial charge < -0.3 is 4.70 Å². The Morgan fingerprint density at radius 2 is 1.75 bits per heavy atom. The van der Waals surface area contributed by atoms with Gasteiger partial charge in [-0.3, -0.25) is 0 Å². The minimum Gasteiger partial charge on any atom is -1.00 e. The fourth-order valence-corrected chi connectivity index (χ4v) is 0.0952. The SMILES string of the molecule is FC(F)=CC(F)F.[F-].[H+]. The maximum Gasteiger partial charge on any atom is 1.00 e. The van der Waals surface area contributed by atoms with E-state index in [1.54, 1.807) is 0 Å². The lowest BCUT2D eigenvalue weighted by atomic mass is 10.7. The van der Waals surface area contributed by atoms with Crippen LogP contribution in [0.15, 0.2) is 12.2 Å². The Bertz CT molecular complexity index is 76.3. The molecule has 0 saturated carbocycles. The van der Waals surface area contributed by atoms with Crippen molar-refractivity contribution in [1.29, 1.82) is 0 Å². The number of allylic oxidation sites excluding steroid dienone is 1. The molecule has 0 fully saturated rings. The van der Waals surface area contributed by atoms with E-state index >= 15 is 0 Å². The molecule has 0 N–H and O–H groups in total. The van der Waals surface area contributed by atoms with Crippen molar-refractivity contribution in [3.8, 4) is 0 Å². The third kappa shape index (κ3) is 9.04. The van der Waals surface area contributed by atoms with Crippen molar-refractivity contribution in [2.45, 2.75) is 6.43 Å². The molecule has 0 spiro atoms. The smallest absolute Gasteiger partial charge is 1.00 e. The Morgan fingerprint density at radius 3 is 1.75 bits per heavy atom. The van der Waals surface area contributed by atoms with Crippen molar-refractivity contribution in [3.05, 3.63) is 12.2 Å². The van der Waals surface area contributed by atoms with Gasteiger partial charge in [0.15, 0.2) is 0 Å². The van der Waals surface area contributed by atoms with Crippen LogP contribution in [-0.2, 0) is 0 Å². The van der Waals surface area contributed by atoms with Crippen molar-refractivity contribution in [2.24, 2.45) is 0 Å². The van der Waals surface area contributed by atoms with Crippen LogP contribution in [0.3, 0.4) is 0 Å². The van der Waals surface area contributed by atoms with E-state index in [0.29, 0.717) is 0 Å². The summed E-state index contributed by atoms with van der Waals surface area (Å²) < 4.78 is 42.8. The van der Waals surface area contributed by atoms with Crippen LogP contribution in [0, 0.1) is 0 Å². The van der Waals surface area contributed by atoms with Gasteiger partial charge in [-0.05, 0) is 0 Å². The number of halogens is 5. The van der Waals surface area contributed by atoms with E-state index in [2.05, 4.69) is 0 Å². The Labute approximate surface area is 43.7 Å². The van der Waals surface area contributed by atoms with Crippen LogP contribution in [0.1, 0.15) is 1.43 Å². The molecule has 0 heterocycles. The maximum absolute atomic E-state index is 10.7. The molecule has 8 heavy (non-hydrogen) atoms. The molecule has 0 aromatic carbocycles. The third-order valence-corrected chi connectivity index (χ3v) is 0.252. The third-order valence-electron chi connectivity index (χ3n) is 0.252. The van der Waals surface area contributed by atoms with Crippen LogP contribution < -0.4 is 4.70 Å². The highest BCUT2D eigenvalue weighted by Crippen LogP contribution is 2.02. The van der Waals surface area contributed by atoms with E-state index in [1.165, 1.54) is 0 Å². The van der Waals surface area contributed by atoms with Crippen LogP contribution in [0.4, 0.5) is 17.6 Å². The van der Waals surface area contributed by atoms with Crippen LogP contribution in [0.5, 0.6) is 0 Å². The number of hydrogen-bond donors (Lipinski definition) is 0. The average molecular weight is 134 g/mol. The van der Waals surface area contributed by atoms with Crippen molar-refractivity contribution in [3.63, 3.8) is 0 Å². The molecule has 0 aromatic heterocycles. The summed E-state index contributed by atoms with van der Waals surface area (Å²) in [7, 11) is 0. The summed E-state index contributed by atoms with van der Waals surface area (Å²) in [4.78, 5) is 0. The summed E-state index contributed by atoms with van der Waals surface area (Å²) in [6.45, 7) is 0. The summed E-state index contributed by atoms with van der Waals surface area (Å²) in [5.41, 5.74) is 0. The van der Waals surface area contributed by atoms with Crippen LogP contribution >= 0.6 is 0 Å². The minimum absolute atomic E-state index is 0. The van der Waals surface area contributed by atoms with Gasteiger partial charge in [-0.15, -0.1) is 0 Å².